The van der Waals surface area contributed by atoms with Crippen molar-refractivity contribution in [3.05, 3.63) is 0 Å². The van der Waals surface area contributed by atoms with Crippen LogP contribution < -0.4 is 0 Å². The maximum absolute atomic E-state index is 12.3. The molecule has 3 heteroatoms. The molecule has 3 nitrogen and oxygen atoms in total. The number of unbranched alkanes of at least 4 members (excludes halogenated alkanes) is 4. The van der Waals surface area contributed by atoms with E-state index >= 15 is 0 Å². The molecule has 0 spiro atoms. The first-order valence-electron chi connectivity index (χ1n) is 10.7. The largest absolute Gasteiger partial charge is 0.508 e. The molecule has 0 saturated carbocycles. The second-order valence-corrected chi connectivity index (χ2v) is 8.39. The molecule has 0 aromatic rings. The van der Waals surface area contributed by atoms with Gasteiger partial charge in [-0.15, -0.1) is 0 Å². The van der Waals surface area contributed by atoms with Crippen molar-refractivity contribution in [2.45, 2.75) is 118 Å². The monoisotopic (exact) mass is 356 g/mol. The van der Waals surface area contributed by atoms with E-state index in [0.717, 1.165) is 19.3 Å². The van der Waals surface area contributed by atoms with Crippen molar-refractivity contribution >= 4 is 6.16 Å². The van der Waals surface area contributed by atoms with Crippen molar-refractivity contribution in [3.8, 4) is 0 Å². The Labute approximate surface area is 157 Å². The number of rotatable bonds is 14. The molecule has 0 aromatic heterocycles. The van der Waals surface area contributed by atoms with Gasteiger partial charge in [0.1, 0.15) is 12.2 Å². The third-order valence-electron chi connectivity index (χ3n) is 4.81. The smallest absolute Gasteiger partial charge is 0.431 e. The number of hydrogen-bond acceptors (Lipinski definition) is 3. The van der Waals surface area contributed by atoms with Crippen molar-refractivity contribution < 1.29 is 14.3 Å². The van der Waals surface area contributed by atoms with E-state index < -0.39 is 6.16 Å². The van der Waals surface area contributed by atoms with E-state index in [1.807, 2.05) is 6.92 Å². The molecule has 0 radical (unpaired) electrons. The predicted octanol–water partition coefficient (Wildman–Crippen LogP) is 7.38. The first-order valence-corrected chi connectivity index (χ1v) is 10.7. The molecule has 0 bridgehead atoms. The highest BCUT2D eigenvalue weighted by atomic mass is 16.7. The Balaban J connectivity index is 4.70. The minimum atomic E-state index is -0.484. The zero-order valence-electron chi connectivity index (χ0n) is 18.0. The van der Waals surface area contributed by atoms with Crippen LogP contribution in [0.3, 0.4) is 0 Å². The second kappa shape index (κ2) is 14.4. The second-order valence-electron chi connectivity index (χ2n) is 8.39. The molecule has 150 valence electrons. The number of ether oxygens (including phenoxy) is 2. The molecular weight excluding hydrogens is 312 g/mol. The lowest BCUT2D eigenvalue weighted by Gasteiger charge is -2.30. The standard InChI is InChI=1S/C22H44O3/c1-8-10-12-13-15-20(14-11-9-2)21(18(5)6)25-22(23)24-19(7)16-17(3)4/h17-21H,8-16H2,1-7H3. The van der Waals surface area contributed by atoms with E-state index in [-0.39, 0.29) is 12.2 Å². The Hall–Kier alpha value is -0.730. The van der Waals surface area contributed by atoms with E-state index in [9.17, 15) is 4.79 Å². The van der Waals surface area contributed by atoms with E-state index in [1.165, 1.54) is 38.5 Å². The lowest BCUT2D eigenvalue weighted by molar-refractivity contribution is -0.0369. The topological polar surface area (TPSA) is 35.5 Å². The highest BCUT2D eigenvalue weighted by Crippen LogP contribution is 2.28. The SMILES string of the molecule is CCCCCCC(CCCC)C(OC(=O)OC(C)CC(C)C)C(C)C. The Bertz CT molecular complexity index is 325. The third kappa shape index (κ3) is 12.3. The number of hydrogen-bond donors (Lipinski definition) is 0. The van der Waals surface area contributed by atoms with Gasteiger partial charge in [-0.2, -0.15) is 0 Å². The molecule has 3 atom stereocenters. The first kappa shape index (κ1) is 24.3. The van der Waals surface area contributed by atoms with Gasteiger partial charge in [0, 0.05) is 0 Å². The van der Waals surface area contributed by atoms with E-state index in [1.54, 1.807) is 0 Å². The van der Waals surface area contributed by atoms with Gasteiger partial charge in [0.2, 0.25) is 0 Å². The fourth-order valence-corrected chi connectivity index (χ4v) is 3.56. The molecule has 0 aliphatic carbocycles. The summed E-state index contributed by atoms with van der Waals surface area (Å²) >= 11 is 0. The molecule has 25 heavy (non-hydrogen) atoms. The lowest BCUT2D eigenvalue weighted by Crippen LogP contribution is -2.33. The fourth-order valence-electron chi connectivity index (χ4n) is 3.56. The minimum Gasteiger partial charge on any atom is -0.431 e. The lowest BCUT2D eigenvalue weighted by atomic mass is 9.85. The van der Waals surface area contributed by atoms with Crippen LogP contribution >= 0.6 is 0 Å². The van der Waals surface area contributed by atoms with Gasteiger partial charge in [0.25, 0.3) is 0 Å². The first-order chi connectivity index (χ1) is 11.8. The zero-order valence-corrected chi connectivity index (χ0v) is 18.0. The average molecular weight is 357 g/mol. The summed E-state index contributed by atoms with van der Waals surface area (Å²) in [6.45, 7) is 15.0. The third-order valence-corrected chi connectivity index (χ3v) is 4.81. The zero-order chi connectivity index (χ0) is 19.2. The van der Waals surface area contributed by atoms with Gasteiger partial charge in [-0.3, -0.25) is 0 Å². The van der Waals surface area contributed by atoms with Gasteiger partial charge < -0.3 is 9.47 Å². The predicted molar refractivity (Wildman–Crippen MR) is 107 cm³/mol. The van der Waals surface area contributed by atoms with Crippen molar-refractivity contribution in [3.63, 3.8) is 0 Å². The van der Waals surface area contributed by atoms with Crippen molar-refractivity contribution in [2.75, 3.05) is 0 Å². The summed E-state index contributed by atoms with van der Waals surface area (Å²) in [7, 11) is 0. The van der Waals surface area contributed by atoms with E-state index in [0.29, 0.717) is 17.8 Å². The van der Waals surface area contributed by atoms with Crippen molar-refractivity contribution in [2.24, 2.45) is 17.8 Å². The summed E-state index contributed by atoms with van der Waals surface area (Å²) in [5.74, 6) is 1.28. The van der Waals surface area contributed by atoms with Crippen molar-refractivity contribution in [1.29, 1.82) is 0 Å². The Morgan fingerprint density at radius 1 is 0.800 bits per heavy atom. The van der Waals surface area contributed by atoms with Gasteiger partial charge in [-0.25, -0.2) is 4.79 Å². The highest BCUT2D eigenvalue weighted by molar-refractivity contribution is 5.60. The normalized spacial score (nSPS) is 15.2. The van der Waals surface area contributed by atoms with Crippen LogP contribution in [0.1, 0.15) is 106 Å². The van der Waals surface area contributed by atoms with E-state index in [4.69, 9.17) is 9.47 Å². The summed E-state index contributed by atoms with van der Waals surface area (Å²) < 4.78 is 11.3. The van der Waals surface area contributed by atoms with Gasteiger partial charge >= 0.3 is 6.16 Å². The molecule has 0 N–H and O–H groups in total. The molecule has 0 fully saturated rings. The van der Waals surface area contributed by atoms with E-state index in [2.05, 4.69) is 41.5 Å². The van der Waals surface area contributed by atoms with Crippen LogP contribution in [0.4, 0.5) is 4.79 Å². The molecule has 3 unspecified atom stereocenters. The molecule has 0 amide bonds. The maximum Gasteiger partial charge on any atom is 0.508 e. The number of carbonyl (C=O) groups excluding carboxylic acids is 1. The van der Waals surface area contributed by atoms with Crippen molar-refractivity contribution in [1.82, 2.24) is 0 Å². The average Bonchev–Trinajstić information content (AvgIpc) is 2.51. The summed E-state index contributed by atoms with van der Waals surface area (Å²) in [6, 6.07) is 0. The molecular formula is C22H44O3. The Kier molecular flexibility index (Phi) is 14.0. The summed E-state index contributed by atoms with van der Waals surface area (Å²) in [6.07, 6.45) is 10.00. The van der Waals surface area contributed by atoms with Gasteiger partial charge in [0.05, 0.1) is 0 Å². The van der Waals surface area contributed by atoms with Gasteiger partial charge in [-0.1, -0.05) is 80.1 Å². The molecule has 0 aliphatic rings. The number of carbonyl (C=O) groups is 1. The highest BCUT2D eigenvalue weighted by Gasteiger charge is 2.28. The molecule has 0 aromatic carbocycles. The fraction of sp³-hybridized carbons (Fsp3) is 0.955. The minimum absolute atomic E-state index is 0.0353. The van der Waals surface area contributed by atoms with Crippen LogP contribution in [0.15, 0.2) is 0 Å². The Morgan fingerprint density at radius 3 is 1.92 bits per heavy atom. The quantitative estimate of drug-likeness (QED) is 0.241. The molecule has 0 saturated heterocycles. The van der Waals surface area contributed by atoms with Gasteiger partial charge in [0.15, 0.2) is 0 Å². The molecule has 0 rings (SSSR count). The molecule has 0 aliphatic heterocycles. The van der Waals surface area contributed by atoms with Gasteiger partial charge in [-0.05, 0) is 43.9 Å². The van der Waals surface area contributed by atoms with Crippen LogP contribution in [-0.2, 0) is 9.47 Å². The van der Waals surface area contributed by atoms with Crippen LogP contribution in [0.25, 0.3) is 0 Å². The summed E-state index contributed by atoms with van der Waals surface area (Å²) in [5.41, 5.74) is 0. The molecule has 0 heterocycles. The van der Waals surface area contributed by atoms with Crippen LogP contribution in [0.5, 0.6) is 0 Å². The Morgan fingerprint density at radius 2 is 1.40 bits per heavy atom. The van der Waals surface area contributed by atoms with Crippen LogP contribution in [0, 0.1) is 17.8 Å². The van der Waals surface area contributed by atoms with Crippen LogP contribution in [-0.4, -0.2) is 18.4 Å². The van der Waals surface area contributed by atoms with Crippen LogP contribution in [0.2, 0.25) is 0 Å². The summed E-state index contributed by atoms with van der Waals surface area (Å²) in [5, 5.41) is 0. The summed E-state index contributed by atoms with van der Waals surface area (Å²) in [4.78, 5) is 12.3. The maximum atomic E-state index is 12.3.